The Labute approximate surface area is 152 Å². The molecule has 0 fully saturated rings. The Morgan fingerprint density at radius 3 is 2.77 bits per heavy atom. The summed E-state index contributed by atoms with van der Waals surface area (Å²) >= 11 is 1.11. The second-order valence-electron chi connectivity index (χ2n) is 5.50. The molecule has 1 amide bonds. The van der Waals surface area contributed by atoms with E-state index in [0.29, 0.717) is 10.8 Å². The Hall–Kier alpha value is -3.32. The standard InChI is InChI=1S/C16H15N7O2S/c1-22-11-4-3-10(5-12(11)23(2)16(22)25)20-13(24)8-26-15-19-7-9(6-17)14(18)21-15/h3-5,7H,8H2,1-2H3,(H,20,24)(H2,18,19,21). The zero-order valence-corrected chi connectivity index (χ0v) is 14.9. The second-order valence-corrected chi connectivity index (χ2v) is 6.45. The number of nitriles is 1. The summed E-state index contributed by atoms with van der Waals surface area (Å²) in [6.07, 6.45) is 1.33. The fourth-order valence-electron chi connectivity index (χ4n) is 2.45. The monoisotopic (exact) mass is 369 g/mol. The predicted octanol–water partition coefficient (Wildman–Crippen LogP) is 0.852. The number of benzene rings is 1. The number of carbonyl (C=O) groups excluding carboxylic acids is 1. The maximum absolute atomic E-state index is 12.1. The van der Waals surface area contributed by atoms with Crippen molar-refractivity contribution in [2.24, 2.45) is 14.1 Å². The lowest BCUT2D eigenvalue weighted by molar-refractivity contribution is -0.113. The number of nitrogens with one attached hydrogen (secondary N) is 1. The van der Waals surface area contributed by atoms with E-state index in [0.717, 1.165) is 22.8 Å². The van der Waals surface area contributed by atoms with Crippen molar-refractivity contribution in [3.63, 3.8) is 0 Å². The van der Waals surface area contributed by atoms with E-state index in [1.54, 1.807) is 36.9 Å². The number of thioether (sulfide) groups is 1. The van der Waals surface area contributed by atoms with E-state index in [-0.39, 0.29) is 28.7 Å². The molecule has 0 unspecified atom stereocenters. The summed E-state index contributed by atoms with van der Waals surface area (Å²) in [6.45, 7) is 0. The van der Waals surface area contributed by atoms with Crippen LogP contribution in [0.4, 0.5) is 11.5 Å². The highest BCUT2D eigenvalue weighted by Gasteiger charge is 2.11. The molecule has 0 spiro atoms. The number of nitrogens with two attached hydrogens (primary N) is 1. The van der Waals surface area contributed by atoms with Crippen LogP contribution in [0.5, 0.6) is 0 Å². The number of aromatic nitrogens is 4. The van der Waals surface area contributed by atoms with Crippen molar-refractivity contribution in [2.45, 2.75) is 5.16 Å². The van der Waals surface area contributed by atoms with E-state index < -0.39 is 0 Å². The average molecular weight is 369 g/mol. The van der Waals surface area contributed by atoms with Gasteiger partial charge in [-0.1, -0.05) is 11.8 Å². The number of carbonyl (C=O) groups is 1. The number of aryl methyl sites for hydroxylation is 2. The normalized spacial score (nSPS) is 10.7. The van der Waals surface area contributed by atoms with Gasteiger partial charge < -0.3 is 11.1 Å². The molecule has 10 heteroatoms. The smallest absolute Gasteiger partial charge is 0.328 e. The lowest BCUT2D eigenvalue weighted by atomic mass is 10.2. The molecule has 0 bridgehead atoms. The molecule has 1 aromatic carbocycles. The van der Waals surface area contributed by atoms with Crippen LogP contribution in [0.15, 0.2) is 34.3 Å². The minimum Gasteiger partial charge on any atom is -0.382 e. The van der Waals surface area contributed by atoms with Crippen molar-refractivity contribution in [3.8, 4) is 6.07 Å². The maximum atomic E-state index is 12.1. The molecule has 0 aliphatic heterocycles. The predicted molar refractivity (Wildman–Crippen MR) is 98.7 cm³/mol. The third-order valence-corrected chi connectivity index (χ3v) is 4.67. The van der Waals surface area contributed by atoms with Gasteiger partial charge in [0.2, 0.25) is 5.91 Å². The molecule has 0 atom stereocenters. The van der Waals surface area contributed by atoms with Crippen LogP contribution in [0.25, 0.3) is 11.0 Å². The van der Waals surface area contributed by atoms with Gasteiger partial charge in [0.25, 0.3) is 0 Å². The number of anilines is 2. The third kappa shape index (κ3) is 3.25. The van der Waals surface area contributed by atoms with E-state index in [1.807, 2.05) is 6.07 Å². The van der Waals surface area contributed by atoms with E-state index in [4.69, 9.17) is 11.0 Å². The number of rotatable bonds is 4. The average Bonchev–Trinajstić information content (AvgIpc) is 2.84. The Bertz CT molecular complexity index is 1110. The van der Waals surface area contributed by atoms with Gasteiger partial charge in [-0.05, 0) is 18.2 Å². The van der Waals surface area contributed by atoms with Gasteiger partial charge in [0.1, 0.15) is 17.5 Å². The first kappa shape index (κ1) is 17.5. The molecule has 132 valence electrons. The lowest BCUT2D eigenvalue weighted by Gasteiger charge is -2.06. The molecule has 2 aromatic heterocycles. The van der Waals surface area contributed by atoms with Crippen LogP contribution in [0.2, 0.25) is 0 Å². The fraction of sp³-hybridized carbons (Fsp3) is 0.188. The summed E-state index contributed by atoms with van der Waals surface area (Å²) in [5, 5.41) is 11.9. The first-order chi connectivity index (χ1) is 12.4. The number of nitrogens with zero attached hydrogens (tertiary/aromatic N) is 5. The zero-order valence-electron chi connectivity index (χ0n) is 14.1. The highest BCUT2D eigenvalue weighted by atomic mass is 32.2. The van der Waals surface area contributed by atoms with Crippen molar-refractivity contribution in [3.05, 3.63) is 40.4 Å². The van der Waals surface area contributed by atoms with Crippen LogP contribution in [0.1, 0.15) is 5.56 Å². The van der Waals surface area contributed by atoms with Gasteiger partial charge in [0, 0.05) is 19.8 Å². The van der Waals surface area contributed by atoms with Crippen LogP contribution in [-0.2, 0) is 18.9 Å². The van der Waals surface area contributed by atoms with E-state index in [1.165, 1.54) is 10.8 Å². The van der Waals surface area contributed by atoms with Gasteiger partial charge in [-0.2, -0.15) is 5.26 Å². The molecular weight excluding hydrogens is 354 g/mol. The molecule has 0 radical (unpaired) electrons. The van der Waals surface area contributed by atoms with Gasteiger partial charge >= 0.3 is 5.69 Å². The molecule has 0 aliphatic rings. The number of imidazole rings is 1. The molecule has 3 N–H and O–H groups in total. The lowest BCUT2D eigenvalue weighted by Crippen LogP contribution is -2.19. The van der Waals surface area contributed by atoms with Gasteiger partial charge in [-0.25, -0.2) is 14.8 Å². The Kier molecular flexibility index (Phi) is 4.64. The topological polar surface area (TPSA) is 132 Å². The summed E-state index contributed by atoms with van der Waals surface area (Å²) in [5.41, 5.74) is 7.79. The minimum absolute atomic E-state index is 0.0805. The molecule has 2 heterocycles. The Morgan fingerprint density at radius 2 is 2.08 bits per heavy atom. The molecular formula is C16H15N7O2S. The van der Waals surface area contributed by atoms with Crippen LogP contribution >= 0.6 is 11.8 Å². The van der Waals surface area contributed by atoms with E-state index in [9.17, 15) is 9.59 Å². The van der Waals surface area contributed by atoms with Crippen LogP contribution in [-0.4, -0.2) is 30.8 Å². The largest absolute Gasteiger partial charge is 0.382 e. The fourth-order valence-corrected chi connectivity index (χ4v) is 3.07. The van der Waals surface area contributed by atoms with Gasteiger partial charge in [-0.3, -0.25) is 13.9 Å². The summed E-state index contributed by atoms with van der Waals surface area (Å²) in [6, 6.07) is 7.14. The molecule has 0 saturated heterocycles. The number of hydrogen-bond acceptors (Lipinski definition) is 7. The van der Waals surface area contributed by atoms with Crippen molar-refractivity contribution < 1.29 is 4.79 Å². The first-order valence-corrected chi connectivity index (χ1v) is 8.50. The van der Waals surface area contributed by atoms with Crippen molar-refractivity contribution in [1.82, 2.24) is 19.1 Å². The first-order valence-electron chi connectivity index (χ1n) is 7.51. The van der Waals surface area contributed by atoms with Gasteiger partial charge in [-0.15, -0.1) is 0 Å². The summed E-state index contributed by atoms with van der Waals surface area (Å²) in [7, 11) is 3.38. The number of nitrogen functional groups attached to an aromatic ring is 1. The molecule has 26 heavy (non-hydrogen) atoms. The quantitative estimate of drug-likeness (QED) is 0.515. The molecule has 3 rings (SSSR count). The number of hydrogen-bond donors (Lipinski definition) is 2. The molecule has 3 aromatic rings. The highest BCUT2D eigenvalue weighted by Crippen LogP contribution is 2.19. The van der Waals surface area contributed by atoms with E-state index >= 15 is 0 Å². The minimum atomic E-state index is -0.248. The van der Waals surface area contributed by atoms with E-state index in [2.05, 4.69) is 15.3 Å². The molecule has 0 aliphatic carbocycles. The summed E-state index contributed by atoms with van der Waals surface area (Å²) in [5.74, 6) is -0.0837. The van der Waals surface area contributed by atoms with Gasteiger partial charge in [0.15, 0.2) is 5.16 Å². The summed E-state index contributed by atoms with van der Waals surface area (Å²) in [4.78, 5) is 32.0. The van der Waals surface area contributed by atoms with Crippen LogP contribution < -0.4 is 16.7 Å². The van der Waals surface area contributed by atoms with Gasteiger partial charge in [0.05, 0.1) is 23.0 Å². The number of fused-ring (bicyclic) bond motifs is 1. The highest BCUT2D eigenvalue weighted by molar-refractivity contribution is 7.99. The zero-order chi connectivity index (χ0) is 18.8. The third-order valence-electron chi connectivity index (χ3n) is 3.80. The Morgan fingerprint density at radius 1 is 1.35 bits per heavy atom. The van der Waals surface area contributed by atoms with Crippen LogP contribution in [0, 0.1) is 11.3 Å². The summed E-state index contributed by atoms with van der Waals surface area (Å²) < 4.78 is 3.07. The Balaban J connectivity index is 1.69. The second kappa shape index (κ2) is 6.89. The maximum Gasteiger partial charge on any atom is 0.328 e. The van der Waals surface area contributed by atoms with Crippen molar-refractivity contribution in [1.29, 1.82) is 5.26 Å². The number of amides is 1. The molecule has 9 nitrogen and oxygen atoms in total. The van der Waals surface area contributed by atoms with Crippen molar-refractivity contribution in [2.75, 3.05) is 16.8 Å². The van der Waals surface area contributed by atoms with Crippen molar-refractivity contribution >= 4 is 40.2 Å². The van der Waals surface area contributed by atoms with Crippen LogP contribution in [0.3, 0.4) is 0 Å². The molecule has 0 saturated carbocycles. The SMILES string of the molecule is Cn1c(=O)n(C)c2cc(NC(=O)CSc3ncc(C#N)c(N)n3)ccc21.